The minimum Gasteiger partial charge on any atom is -0.0654 e. The van der Waals surface area contributed by atoms with Crippen molar-refractivity contribution >= 4 is 19.2 Å². The summed E-state index contributed by atoms with van der Waals surface area (Å²) in [7, 11) is 1.13. The summed E-state index contributed by atoms with van der Waals surface area (Å²) in [5.41, 5.74) is 0. The third-order valence-electron chi connectivity index (χ3n) is 1.17. The van der Waals surface area contributed by atoms with Crippen LogP contribution in [0.2, 0.25) is 0 Å². The van der Waals surface area contributed by atoms with Gasteiger partial charge in [0.25, 0.3) is 0 Å². The van der Waals surface area contributed by atoms with Crippen LogP contribution in [0.3, 0.4) is 0 Å². The lowest BCUT2D eigenvalue weighted by Crippen LogP contribution is -1.93. The molecule has 0 rings (SSSR count). The van der Waals surface area contributed by atoms with Crippen molar-refractivity contribution in [2.24, 2.45) is 5.92 Å². The van der Waals surface area contributed by atoms with Gasteiger partial charge in [-0.2, -0.15) is 0 Å². The van der Waals surface area contributed by atoms with Gasteiger partial charge in [-0.15, -0.1) is 0 Å². The average molecular weight is 148 g/mol. The van der Waals surface area contributed by atoms with Gasteiger partial charge in [0.2, 0.25) is 0 Å². The zero-order chi connectivity index (χ0) is 6.41. The zero-order valence-corrected chi connectivity index (χ0v) is 7.27. The standard InChI is InChI=1S/C6H13PS/c1-3-4-6(2)5-7-8/h6H,3-5H2,1-2H3. The van der Waals surface area contributed by atoms with E-state index < -0.39 is 0 Å². The number of hydrogen-bond acceptors (Lipinski definition) is 1. The highest BCUT2D eigenvalue weighted by Gasteiger charge is 1.95. The van der Waals surface area contributed by atoms with Gasteiger partial charge in [0.05, 0.1) is 0 Å². The van der Waals surface area contributed by atoms with E-state index in [4.69, 9.17) is 11.8 Å². The molecule has 0 N–H and O–H groups in total. The second-order valence-electron chi connectivity index (χ2n) is 2.21. The summed E-state index contributed by atoms with van der Waals surface area (Å²) in [5, 5.41) is 0. The Morgan fingerprint density at radius 2 is 2.25 bits per heavy atom. The fraction of sp³-hybridized carbons (Fsp3) is 1.00. The molecule has 0 aliphatic rings. The van der Waals surface area contributed by atoms with E-state index in [1.54, 1.807) is 0 Å². The van der Waals surface area contributed by atoms with Crippen molar-refractivity contribution in [3.8, 4) is 0 Å². The second-order valence-corrected chi connectivity index (χ2v) is 3.60. The highest BCUT2D eigenvalue weighted by molar-refractivity contribution is 7.96. The van der Waals surface area contributed by atoms with Gasteiger partial charge in [-0.05, 0) is 13.3 Å². The first-order valence-electron chi connectivity index (χ1n) is 3.10. The summed E-state index contributed by atoms with van der Waals surface area (Å²) < 4.78 is 0. The first-order valence-corrected chi connectivity index (χ1v) is 5.19. The van der Waals surface area contributed by atoms with Crippen molar-refractivity contribution in [2.75, 3.05) is 6.16 Å². The van der Waals surface area contributed by atoms with Gasteiger partial charge in [0.1, 0.15) is 0 Å². The van der Waals surface area contributed by atoms with Crippen LogP contribution in [0.25, 0.3) is 0 Å². The predicted octanol–water partition coefficient (Wildman–Crippen LogP) is 2.83. The van der Waals surface area contributed by atoms with Gasteiger partial charge < -0.3 is 0 Å². The lowest BCUT2D eigenvalue weighted by molar-refractivity contribution is 0.585. The third kappa shape index (κ3) is 4.67. The van der Waals surface area contributed by atoms with Gasteiger partial charge in [-0.1, -0.05) is 38.5 Å². The van der Waals surface area contributed by atoms with Crippen LogP contribution < -0.4 is 0 Å². The first kappa shape index (κ1) is 8.52. The van der Waals surface area contributed by atoms with Crippen LogP contribution in [0.5, 0.6) is 0 Å². The van der Waals surface area contributed by atoms with Gasteiger partial charge in [0.15, 0.2) is 0 Å². The molecule has 0 aliphatic heterocycles. The van der Waals surface area contributed by atoms with Crippen molar-refractivity contribution in [3.05, 3.63) is 0 Å². The molecule has 48 valence electrons. The van der Waals surface area contributed by atoms with Crippen LogP contribution in [0, 0.1) is 5.92 Å². The first-order chi connectivity index (χ1) is 3.81. The molecule has 0 heterocycles. The molecular formula is C6H13PS. The van der Waals surface area contributed by atoms with Gasteiger partial charge in [-0.25, -0.2) is 0 Å². The molecule has 0 nitrogen and oxygen atoms in total. The Balaban J connectivity index is 3.03. The number of hydrogen-bond donors (Lipinski definition) is 0. The van der Waals surface area contributed by atoms with Crippen LogP contribution >= 0.6 is 7.36 Å². The molecule has 1 atom stereocenters. The molecule has 0 aromatic rings. The van der Waals surface area contributed by atoms with Gasteiger partial charge in [-0.3, -0.25) is 0 Å². The molecule has 0 aromatic heterocycles. The predicted molar refractivity (Wildman–Crippen MR) is 43.2 cm³/mol. The minimum atomic E-state index is 0.846. The smallest absolute Gasteiger partial charge is 0.00242 e. The van der Waals surface area contributed by atoms with Crippen LogP contribution in [0.15, 0.2) is 0 Å². The zero-order valence-electron chi connectivity index (χ0n) is 5.55. The van der Waals surface area contributed by atoms with E-state index in [9.17, 15) is 0 Å². The van der Waals surface area contributed by atoms with Crippen LogP contribution in [-0.4, -0.2) is 6.16 Å². The topological polar surface area (TPSA) is 0 Å². The second kappa shape index (κ2) is 5.65. The maximum Gasteiger partial charge on any atom is 0.00242 e. The molecule has 0 spiro atoms. The van der Waals surface area contributed by atoms with Crippen LogP contribution in [0.1, 0.15) is 26.7 Å². The monoisotopic (exact) mass is 148 g/mol. The van der Waals surface area contributed by atoms with E-state index in [1.165, 1.54) is 19.0 Å². The largest absolute Gasteiger partial charge is 0.0654 e. The Morgan fingerprint density at radius 1 is 1.62 bits per heavy atom. The summed E-state index contributed by atoms with van der Waals surface area (Å²) in [6, 6.07) is 0. The van der Waals surface area contributed by atoms with E-state index in [0.717, 1.165) is 13.3 Å². The van der Waals surface area contributed by atoms with E-state index in [-0.39, 0.29) is 0 Å². The van der Waals surface area contributed by atoms with Crippen molar-refractivity contribution in [3.63, 3.8) is 0 Å². The summed E-state index contributed by atoms with van der Waals surface area (Å²) >= 11 is 4.81. The SMILES string of the molecule is CCCC(C)CP=S. The van der Waals surface area contributed by atoms with E-state index >= 15 is 0 Å². The Morgan fingerprint density at radius 3 is 2.62 bits per heavy atom. The van der Waals surface area contributed by atoms with Gasteiger partial charge in [0, 0.05) is 6.16 Å². The molecule has 0 aromatic carbocycles. The van der Waals surface area contributed by atoms with Crippen molar-refractivity contribution < 1.29 is 0 Å². The fourth-order valence-corrected chi connectivity index (χ4v) is 1.91. The van der Waals surface area contributed by atoms with Crippen molar-refractivity contribution in [1.29, 1.82) is 0 Å². The molecule has 8 heavy (non-hydrogen) atoms. The highest BCUT2D eigenvalue weighted by atomic mass is 32.4. The highest BCUT2D eigenvalue weighted by Crippen LogP contribution is 2.10. The minimum absolute atomic E-state index is 0.846. The van der Waals surface area contributed by atoms with Gasteiger partial charge >= 0.3 is 0 Å². The molecule has 0 aliphatic carbocycles. The summed E-state index contributed by atoms with van der Waals surface area (Å²) in [6.45, 7) is 4.49. The van der Waals surface area contributed by atoms with Crippen LogP contribution in [0.4, 0.5) is 0 Å². The normalized spacial score (nSPS) is 14.2. The molecule has 2 heteroatoms. The molecule has 0 saturated heterocycles. The Kier molecular flexibility index (Phi) is 6.02. The van der Waals surface area contributed by atoms with Crippen molar-refractivity contribution in [1.82, 2.24) is 0 Å². The summed E-state index contributed by atoms with van der Waals surface area (Å²) in [6.07, 6.45) is 3.83. The Hall–Kier alpha value is 0.520. The summed E-state index contributed by atoms with van der Waals surface area (Å²) in [5.74, 6) is 0.846. The quantitative estimate of drug-likeness (QED) is 0.552. The number of rotatable bonds is 4. The molecule has 1 unspecified atom stereocenters. The summed E-state index contributed by atoms with van der Waals surface area (Å²) in [4.78, 5) is 0. The average Bonchev–Trinajstić information content (AvgIpc) is 1.68. The fourth-order valence-electron chi connectivity index (χ4n) is 0.711. The molecular weight excluding hydrogens is 135 g/mol. The molecule has 0 amide bonds. The molecule has 0 saturated carbocycles. The maximum absolute atomic E-state index is 4.81. The van der Waals surface area contributed by atoms with E-state index in [0.29, 0.717) is 0 Å². The Labute approximate surface area is 58.5 Å². The van der Waals surface area contributed by atoms with Crippen LogP contribution in [-0.2, 0) is 11.8 Å². The van der Waals surface area contributed by atoms with E-state index in [1.807, 2.05) is 0 Å². The van der Waals surface area contributed by atoms with Crippen molar-refractivity contribution in [2.45, 2.75) is 26.7 Å². The lowest BCUT2D eigenvalue weighted by Gasteiger charge is -2.02. The Bertz CT molecular complexity index is 63.5. The van der Waals surface area contributed by atoms with E-state index in [2.05, 4.69) is 13.8 Å². The maximum atomic E-state index is 4.81. The lowest BCUT2D eigenvalue weighted by atomic mass is 10.1. The third-order valence-corrected chi connectivity index (χ3v) is 2.39. The molecule has 0 radical (unpaired) electrons. The molecule has 0 fully saturated rings. The molecule has 0 bridgehead atoms.